The van der Waals surface area contributed by atoms with E-state index in [4.69, 9.17) is 4.74 Å². The van der Waals surface area contributed by atoms with Gasteiger partial charge in [-0.15, -0.1) is 0 Å². The van der Waals surface area contributed by atoms with Crippen molar-refractivity contribution in [3.63, 3.8) is 0 Å². The van der Waals surface area contributed by atoms with Crippen LogP contribution in [0.1, 0.15) is 27.2 Å². The fourth-order valence-corrected chi connectivity index (χ4v) is 3.41. The molecule has 2 heterocycles. The molecule has 6 nitrogen and oxygen atoms in total. The van der Waals surface area contributed by atoms with Crippen LogP contribution in [0, 0.1) is 5.92 Å². The first-order valence-corrected chi connectivity index (χ1v) is 9.05. The number of likely N-dealkylation sites (tertiary alicyclic amines) is 1. The van der Waals surface area contributed by atoms with E-state index in [0.29, 0.717) is 0 Å². The molecular weight excluding hydrogens is 290 g/mol. The van der Waals surface area contributed by atoms with Gasteiger partial charge in [0.1, 0.15) is 0 Å². The molecule has 134 valence electrons. The first kappa shape index (κ1) is 18.5. The summed E-state index contributed by atoms with van der Waals surface area (Å²) in [5, 5.41) is 7.00. The number of rotatable bonds is 6. The lowest BCUT2D eigenvalue weighted by Crippen LogP contribution is -2.56. The lowest BCUT2D eigenvalue weighted by Gasteiger charge is -2.41. The third-order valence-corrected chi connectivity index (χ3v) is 5.15. The van der Waals surface area contributed by atoms with Gasteiger partial charge < -0.3 is 20.3 Å². The van der Waals surface area contributed by atoms with E-state index >= 15 is 0 Å². The van der Waals surface area contributed by atoms with Gasteiger partial charge in [0.2, 0.25) is 0 Å². The van der Waals surface area contributed by atoms with Crippen LogP contribution in [-0.2, 0) is 4.74 Å². The molecule has 2 N–H and O–H groups in total. The van der Waals surface area contributed by atoms with Gasteiger partial charge in [-0.2, -0.15) is 0 Å². The second-order valence-electron chi connectivity index (χ2n) is 7.27. The van der Waals surface area contributed by atoms with Crippen LogP contribution in [0.25, 0.3) is 0 Å². The fourth-order valence-electron chi connectivity index (χ4n) is 3.41. The molecular formula is C17H35N5O. The minimum atomic E-state index is 0.105. The number of hydrogen-bond donors (Lipinski definition) is 2. The number of hydrogen-bond acceptors (Lipinski definition) is 4. The van der Waals surface area contributed by atoms with Crippen LogP contribution < -0.4 is 10.6 Å². The monoisotopic (exact) mass is 325 g/mol. The summed E-state index contributed by atoms with van der Waals surface area (Å²) in [7, 11) is 1.85. The lowest BCUT2D eigenvalue weighted by atomic mass is 10.0. The van der Waals surface area contributed by atoms with E-state index in [1.54, 1.807) is 0 Å². The summed E-state index contributed by atoms with van der Waals surface area (Å²) in [6.45, 7) is 16.0. The van der Waals surface area contributed by atoms with Crippen molar-refractivity contribution in [1.82, 2.24) is 20.4 Å². The van der Waals surface area contributed by atoms with Crippen LogP contribution in [-0.4, -0.2) is 87.4 Å². The predicted molar refractivity (Wildman–Crippen MR) is 96.1 cm³/mol. The highest BCUT2D eigenvalue weighted by atomic mass is 16.5. The van der Waals surface area contributed by atoms with E-state index in [-0.39, 0.29) is 5.54 Å². The van der Waals surface area contributed by atoms with Crippen molar-refractivity contribution in [3.8, 4) is 0 Å². The largest absolute Gasteiger partial charge is 0.379 e. The zero-order valence-electron chi connectivity index (χ0n) is 15.4. The van der Waals surface area contributed by atoms with Gasteiger partial charge in [0, 0.05) is 45.3 Å². The molecule has 1 atom stereocenters. The van der Waals surface area contributed by atoms with Gasteiger partial charge in [-0.25, -0.2) is 0 Å². The average Bonchev–Trinajstić information content (AvgIpc) is 3.04. The van der Waals surface area contributed by atoms with E-state index in [2.05, 4.69) is 46.2 Å². The third-order valence-electron chi connectivity index (χ3n) is 5.15. The topological polar surface area (TPSA) is 52.1 Å². The fraction of sp³-hybridized carbons (Fsp3) is 0.941. The molecule has 2 aliphatic rings. The molecule has 6 heteroatoms. The molecule has 1 unspecified atom stereocenters. The minimum absolute atomic E-state index is 0.105. The molecule has 2 rings (SSSR count). The van der Waals surface area contributed by atoms with Gasteiger partial charge in [-0.05, 0) is 39.3 Å². The number of aliphatic imine (C=N–C) groups is 1. The first-order valence-electron chi connectivity index (χ1n) is 9.05. The number of morpholine rings is 1. The van der Waals surface area contributed by atoms with E-state index in [0.717, 1.165) is 57.8 Å². The Kier molecular flexibility index (Phi) is 7.11. The Morgan fingerprint density at radius 2 is 1.96 bits per heavy atom. The van der Waals surface area contributed by atoms with Crippen LogP contribution in [0.5, 0.6) is 0 Å². The van der Waals surface area contributed by atoms with Gasteiger partial charge in [0.15, 0.2) is 5.96 Å². The highest BCUT2D eigenvalue weighted by Crippen LogP contribution is 2.16. The van der Waals surface area contributed by atoms with Crippen LogP contribution in [0.3, 0.4) is 0 Å². The Labute approximate surface area is 141 Å². The highest BCUT2D eigenvalue weighted by molar-refractivity contribution is 5.79. The van der Waals surface area contributed by atoms with Crippen LogP contribution in [0.2, 0.25) is 0 Å². The Morgan fingerprint density at radius 3 is 2.57 bits per heavy atom. The van der Waals surface area contributed by atoms with Crippen LogP contribution in [0.4, 0.5) is 0 Å². The van der Waals surface area contributed by atoms with E-state index in [1.165, 1.54) is 19.5 Å². The average molecular weight is 326 g/mol. The molecule has 2 saturated heterocycles. The van der Waals surface area contributed by atoms with Crippen molar-refractivity contribution in [1.29, 1.82) is 0 Å². The van der Waals surface area contributed by atoms with Crippen molar-refractivity contribution in [2.24, 2.45) is 10.9 Å². The van der Waals surface area contributed by atoms with Crippen LogP contribution >= 0.6 is 0 Å². The molecule has 0 aliphatic carbocycles. The third kappa shape index (κ3) is 5.62. The highest BCUT2D eigenvalue weighted by Gasteiger charge is 2.28. The van der Waals surface area contributed by atoms with E-state index in [1.807, 2.05) is 7.05 Å². The summed E-state index contributed by atoms with van der Waals surface area (Å²) in [4.78, 5) is 9.38. The molecule has 0 bridgehead atoms. The van der Waals surface area contributed by atoms with Crippen molar-refractivity contribution >= 4 is 5.96 Å². The summed E-state index contributed by atoms with van der Waals surface area (Å²) in [6, 6.07) is 0. The maximum atomic E-state index is 5.45. The molecule has 0 amide bonds. The van der Waals surface area contributed by atoms with Gasteiger partial charge >= 0.3 is 0 Å². The summed E-state index contributed by atoms with van der Waals surface area (Å²) in [5.41, 5.74) is 0.105. The quantitative estimate of drug-likeness (QED) is 0.553. The molecule has 0 saturated carbocycles. The van der Waals surface area contributed by atoms with Crippen molar-refractivity contribution in [2.45, 2.75) is 32.7 Å². The van der Waals surface area contributed by atoms with Crippen molar-refractivity contribution < 1.29 is 4.74 Å². The second-order valence-corrected chi connectivity index (χ2v) is 7.27. The zero-order chi connectivity index (χ0) is 16.7. The van der Waals surface area contributed by atoms with Gasteiger partial charge in [-0.3, -0.25) is 9.89 Å². The summed E-state index contributed by atoms with van der Waals surface area (Å²) in [6.07, 6.45) is 1.29. The van der Waals surface area contributed by atoms with Gasteiger partial charge in [0.25, 0.3) is 0 Å². The molecule has 0 spiro atoms. The Balaban J connectivity index is 1.72. The Morgan fingerprint density at radius 1 is 1.22 bits per heavy atom. The molecule has 23 heavy (non-hydrogen) atoms. The smallest absolute Gasteiger partial charge is 0.191 e. The summed E-state index contributed by atoms with van der Waals surface area (Å²) >= 11 is 0. The number of nitrogens with one attached hydrogen (secondary N) is 2. The maximum absolute atomic E-state index is 5.45. The van der Waals surface area contributed by atoms with Crippen molar-refractivity contribution in [3.05, 3.63) is 0 Å². The van der Waals surface area contributed by atoms with E-state index < -0.39 is 0 Å². The predicted octanol–water partition coefficient (Wildman–Crippen LogP) is 0.604. The van der Waals surface area contributed by atoms with Gasteiger partial charge in [-0.1, -0.05) is 6.92 Å². The van der Waals surface area contributed by atoms with E-state index in [9.17, 15) is 0 Å². The first-order chi connectivity index (χ1) is 11.0. The summed E-state index contributed by atoms with van der Waals surface area (Å²) < 4.78 is 5.45. The van der Waals surface area contributed by atoms with Crippen molar-refractivity contribution in [2.75, 3.05) is 66.1 Å². The lowest BCUT2D eigenvalue weighted by molar-refractivity contribution is -0.00834. The maximum Gasteiger partial charge on any atom is 0.191 e. The summed E-state index contributed by atoms with van der Waals surface area (Å²) in [5.74, 6) is 1.65. The second kappa shape index (κ2) is 8.85. The number of guanidine groups is 1. The Bertz CT molecular complexity index is 379. The zero-order valence-corrected chi connectivity index (χ0v) is 15.4. The van der Waals surface area contributed by atoms with Crippen LogP contribution in [0.15, 0.2) is 4.99 Å². The number of nitrogens with zero attached hydrogens (tertiary/aromatic N) is 3. The molecule has 0 radical (unpaired) electrons. The standard InChI is InChI=1S/C17H35N5O/c1-5-21-7-6-15(13-21)12-19-16(18-4)20-14-17(2,3)22-8-10-23-11-9-22/h15H,5-14H2,1-4H3,(H2,18,19,20). The number of ether oxygens (including phenoxy) is 1. The molecule has 2 fully saturated rings. The minimum Gasteiger partial charge on any atom is -0.379 e. The van der Waals surface area contributed by atoms with Gasteiger partial charge in [0.05, 0.1) is 13.2 Å². The molecule has 2 aliphatic heterocycles. The molecule has 0 aromatic rings. The normalized spacial score (nSPS) is 24.9. The Hall–Kier alpha value is -0.850. The SMILES string of the molecule is CCN1CCC(CNC(=NC)NCC(C)(C)N2CCOCC2)C1. The molecule has 0 aromatic carbocycles. The molecule has 0 aromatic heterocycles.